The fraction of sp³-hybridized carbons (Fsp3) is 0.235. The molecule has 0 aliphatic carbocycles. The lowest BCUT2D eigenvalue weighted by molar-refractivity contribution is -0.135. The Labute approximate surface area is 161 Å². The SMILES string of the molecule is COc1ccc(S(=O)(=O)N(CC(=O)O)c2cc(Cl)ccc2OC)cc1OC. The zero-order chi connectivity index (χ0) is 20.2. The Morgan fingerprint density at radius 3 is 2.15 bits per heavy atom. The Morgan fingerprint density at radius 2 is 1.59 bits per heavy atom. The lowest BCUT2D eigenvalue weighted by Crippen LogP contribution is -2.36. The summed E-state index contributed by atoms with van der Waals surface area (Å²) in [6.07, 6.45) is 0. The van der Waals surface area contributed by atoms with E-state index >= 15 is 0 Å². The summed E-state index contributed by atoms with van der Waals surface area (Å²) in [4.78, 5) is 11.2. The van der Waals surface area contributed by atoms with E-state index in [1.807, 2.05) is 0 Å². The molecule has 0 saturated carbocycles. The van der Waals surface area contributed by atoms with Crippen LogP contribution in [0.25, 0.3) is 0 Å². The number of halogens is 1. The van der Waals surface area contributed by atoms with E-state index < -0.39 is 22.5 Å². The maximum absolute atomic E-state index is 13.2. The van der Waals surface area contributed by atoms with E-state index in [1.54, 1.807) is 0 Å². The molecule has 0 heterocycles. The third kappa shape index (κ3) is 4.37. The molecule has 0 aliphatic heterocycles. The van der Waals surface area contributed by atoms with Gasteiger partial charge in [0.1, 0.15) is 12.3 Å². The molecule has 8 nitrogen and oxygen atoms in total. The van der Waals surface area contributed by atoms with Gasteiger partial charge in [0.15, 0.2) is 11.5 Å². The summed E-state index contributed by atoms with van der Waals surface area (Å²) in [6.45, 7) is -0.826. The van der Waals surface area contributed by atoms with Crippen molar-refractivity contribution in [2.75, 3.05) is 32.2 Å². The number of anilines is 1. The summed E-state index contributed by atoms with van der Waals surface area (Å²) in [7, 11) is -0.155. The number of benzene rings is 2. The molecule has 0 aromatic heterocycles. The van der Waals surface area contributed by atoms with E-state index in [2.05, 4.69) is 0 Å². The highest BCUT2D eigenvalue weighted by atomic mass is 35.5. The van der Waals surface area contributed by atoms with Crippen LogP contribution in [0.15, 0.2) is 41.3 Å². The zero-order valence-corrected chi connectivity index (χ0v) is 16.4. The second kappa shape index (κ2) is 8.36. The molecule has 0 amide bonds. The van der Waals surface area contributed by atoms with Crippen molar-refractivity contribution < 1.29 is 32.5 Å². The number of carboxylic acids is 1. The quantitative estimate of drug-likeness (QED) is 0.706. The number of ether oxygens (including phenoxy) is 3. The highest BCUT2D eigenvalue weighted by molar-refractivity contribution is 7.92. The highest BCUT2D eigenvalue weighted by Gasteiger charge is 2.30. The minimum absolute atomic E-state index is 0.00202. The van der Waals surface area contributed by atoms with Crippen LogP contribution in [0.5, 0.6) is 17.2 Å². The van der Waals surface area contributed by atoms with E-state index in [0.29, 0.717) is 10.1 Å². The van der Waals surface area contributed by atoms with Gasteiger partial charge in [0.2, 0.25) is 0 Å². The summed E-state index contributed by atoms with van der Waals surface area (Å²) in [5.41, 5.74) is 0.00202. The van der Waals surface area contributed by atoms with E-state index in [1.165, 1.54) is 57.7 Å². The van der Waals surface area contributed by atoms with Gasteiger partial charge in [-0.1, -0.05) is 11.6 Å². The van der Waals surface area contributed by atoms with Gasteiger partial charge in [0.25, 0.3) is 10.0 Å². The predicted octanol–water partition coefficient (Wildman–Crippen LogP) is 2.65. The standard InChI is InChI=1S/C17H18ClNO7S/c1-24-14-6-4-11(18)8-13(14)19(10-17(20)21)27(22,23)12-5-7-15(25-2)16(9-12)26-3/h4-9H,10H2,1-3H3,(H,20,21). The summed E-state index contributed by atoms with van der Waals surface area (Å²) >= 11 is 5.98. The number of sulfonamides is 1. The molecule has 0 bridgehead atoms. The number of hydrogen-bond acceptors (Lipinski definition) is 6. The van der Waals surface area contributed by atoms with Crippen LogP contribution in [0.1, 0.15) is 0 Å². The lowest BCUT2D eigenvalue weighted by Gasteiger charge is -2.25. The van der Waals surface area contributed by atoms with Crippen LogP contribution in [0.4, 0.5) is 5.69 Å². The Hall–Kier alpha value is -2.65. The Bertz CT molecular complexity index is 946. The Morgan fingerprint density at radius 1 is 1.00 bits per heavy atom. The van der Waals surface area contributed by atoms with Crippen molar-refractivity contribution in [1.82, 2.24) is 0 Å². The van der Waals surface area contributed by atoms with Gasteiger partial charge in [-0.05, 0) is 30.3 Å². The second-order valence-electron chi connectivity index (χ2n) is 5.24. The third-order valence-corrected chi connectivity index (χ3v) is 5.62. The first-order valence-corrected chi connectivity index (χ1v) is 9.36. The van der Waals surface area contributed by atoms with Crippen LogP contribution in [0.2, 0.25) is 5.02 Å². The molecule has 0 atom stereocenters. The normalized spacial score (nSPS) is 11.0. The Balaban J connectivity index is 2.66. The molecule has 2 aromatic rings. The number of nitrogens with zero attached hydrogens (tertiary/aromatic N) is 1. The van der Waals surface area contributed by atoms with Crippen molar-refractivity contribution >= 4 is 33.3 Å². The van der Waals surface area contributed by atoms with Gasteiger partial charge in [-0.15, -0.1) is 0 Å². The molecule has 0 radical (unpaired) electrons. The maximum atomic E-state index is 13.2. The largest absolute Gasteiger partial charge is 0.495 e. The molecule has 0 aliphatic rings. The number of methoxy groups -OCH3 is 3. The smallest absolute Gasteiger partial charge is 0.324 e. The minimum atomic E-state index is -4.28. The van der Waals surface area contributed by atoms with Gasteiger partial charge >= 0.3 is 5.97 Å². The predicted molar refractivity (Wildman–Crippen MR) is 99.7 cm³/mol. The third-order valence-electron chi connectivity index (χ3n) is 3.63. The first kappa shape index (κ1) is 20.7. The maximum Gasteiger partial charge on any atom is 0.324 e. The van der Waals surface area contributed by atoms with Crippen LogP contribution < -0.4 is 18.5 Å². The van der Waals surface area contributed by atoms with E-state index in [0.717, 1.165) is 0 Å². The average molecular weight is 416 g/mol. The number of aliphatic carboxylic acids is 1. The van der Waals surface area contributed by atoms with Gasteiger partial charge in [-0.3, -0.25) is 9.10 Å². The van der Waals surface area contributed by atoms with Crippen molar-refractivity contribution in [1.29, 1.82) is 0 Å². The van der Waals surface area contributed by atoms with Gasteiger partial charge in [-0.2, -0.15) is 0 Å². The first-order valence-electron chi connectivity index (χ1n) is 7.54. The van der Waals surface area contributed by atoms with Crippen molar-refractivity contribution in [3.63, 3.8) is 0 Å². The molecule has 27 heavy (non-hydrogen) atoms. The summed E-state index contributed by atoms with van der Waals surface area (Å²) in [5.74, 6) is -0.667. The first-order chi connectivity index (χ1) is 12.7. The van der Waals surface area contributed by atoms with E-state index in [-0.39, 0.29) is 27.1 Å². The molecular weight excluding hydrogens is 398 g/mol. The van der Waals surface area contributed by atoms with E-state index in [4.69, 9.17) is 25.8 Å². The molecule has 146 valence electrons. The second-order valence-corrected chi connectivity index (χ2v) is 7.54. The monoisotopic (exact) mass is 415 g/mol. The fourth-order valence-electron chi connectivity index (χ4n) is 2.38. The molecule has 2 aromatic carbocycles. The highest BCUT2D eigenvalue weighted by Crippen LogP contribution is 2.36. The van der Waals surface area contributed by atoms with Crippen LogP contribution in [0, 0.1) is 0 Å². The van der Waals surface area contributed by atoms with E-state index in [9.17, 15) is 18.3 Å². The minimum Gasteiger partial charge on any atom is -0.495 e. The zero-order valence-electron chi connectivity index (χ0n) is 14.8. The molecule has 2 rings (SSSR count). The summed E-state index contributed by atoms with van der Waals surface area (Å²) < 4.78 is 42.5. The van der Waals surface area contributed by atoms with Crippen LogP contribution >= 0.6 is 11.6 Å². The molecular formula is C17H18ClNO7S. The fourth-order valence-corrected chi connectivity index (χ4v) is 3.98. The Kier molecular flexibility index (Phi) is 6.40. The molecule has 0 fully saturated rings. The van der Waals surface area contributed by atoms with Gasteiger partial charge in [0, 0.05) is 11.1 Å². The number of carboxylic acid groups (broad SMARTS) is 1. The van der Waals surface area contributed by atoms with Crippen LogP contribution in [-0.2, 0) is 14.8 Å². The number of rotatable bonds is 8. The van der Waals surface area contributed by atoms with Crippen molar-refractivity contribution in [3.8, 4) is 17.2 Å². The van der Waals surface area contributed by atoms with Crippen molar-refractivity contribution in [3.05, 3.63) is 41.4 Å². The van der Waals surface area contributed by atoms with Gasteiger partial charge in [-0.25, -0.2) is 8.42 Å². The molecule has 0 saturated heterocycles. The summed E-state index contributed by atoms with van der Waals surface area (Å²) in [5, 5.41) is 9.47. The number of carbonyl (C=O) groups is 1. The van der Waals surface area contributed by atoms with Crippen LogP contribution in [0.3, 0.4) is 0 Å². The van der Waals surface area contributed by atoms with Crippen LogP contribution in [-0.4, -0.2) is 47.4 Å². The van der Waals surface area contributed by atoms with Crippen molar-refractivity contribution in [2.45, 2.75) is 4.90 Å². The average Bonchev–Trinajstić information content (AvgIpc) is 2.65. The van der Waals surface area contributed by atoms with Gasteiger partial charge in [0.05, 0.1) is 31.9 Å². The molecule has 0 unspecified atom stereocenters. The topological polar surface area (TPSA) is 102 Å². The molecule has 0 spiro atoms. The van der Waals surface area contributed by atoms with Gasteiger partial charge < -0.3 is 19.3 Å². The molecule has 1 N–H and O–H groups in total. The summed E-state index contributed by atoms with van der Waals surface area (Å²) in [6, 6.07) is 8.24. The number of hydrogen-bond donors (Lipinski definition) is 1. The molecule has 10 heteroatoms. The van der Waals surface area contributed by atoms with Crippen molar-refractivity contribution in [2.24, 2.45) is 0 Å². The lowest BCUT2D eigenvalue weighted by atomic mass is 10.3.